The molecule has 1 rings (SSSR count). The predicted octanol–water partition coefficient (Wildman–Crippen LogP) is -1.34. The minimum Gasteiger partial charge on any atom is -0.478 e. The number of hydrogen-bond donors (Lipinski definition) is 4. The van der Waals surface area contributed by atoms with E-state index in [4.69, 9.17) is 15.3 Å². The SMILES string of the molecule is O=C(O)/C=C\C(=O)O.OC1CNC1. The Balaban J connectivity index is 0.000000243. The average molecular weight is 189 g/mol. The van der Waals surface area contributed by atoms with Gasteiger partial charge in [-0.1, -0.05) is 0 Å². The van der Waals surface area contributed by atoms with Gasteiger partial charge in [-0.3, -0.25) is 0 Å². The monoisotopic (exact) mass is 189 g/mol. The molecule has 0 aromatic heterocycles. The first-order chi connectivity index (χ1) is 6.02. The first-order valence-electron chi connectivity index (χ1n) is 3.55. The van der Waals surface area contributed by atoms with Crippen LogP contribution in [0.3, 0.4) is 0 Å². The largest absolute Gasteiger partial charge is 0.478 e. The quantitative estimate of drug-likeness (QED) is 0.401. The third-order valence-electron chi connectivity index (χ3n) is 1.13. The fourth-order valence-corrected chi connectivity index (χ4v) is 0.416. The van der Waals surface area contributed by atoms with Crippen LogP contribution in [0.4, 0.5) is 0 Å². The van der Waals surface area contributed by atoms with Crippen molar-refractivity contribution in [2.24, 2.45) is 0 Å². The number of carboxylic acids is 2. The molecule has 0 bridgehead atoms. The first kappa shape index (κ1) is 11.6. The molecule has 1 aliphatic heterocycles. The normalized spacial score (nSPS) is 15.8. The van der Waals surface area contributed by atoms with Gasteiger partial charge in [0.2, 0.25) is 0 Å². The van der Waals surface area contributed by atoms with Gasteiger partial charge < -0.3 is 20.6 Å². The molecule has 4 N–H and O–H groups in total. The fraction of sp³-hybridized carbons (Fsp3) is 0.429. The molecule has 0 saturated carbocycles. The number of aliphatic hydroxyl groups excluding tert-OH is 1. The second kappa shape index (κ2) is 6.15. The molecule has 0 aromatic rings. The Morgan fingerprint density at radius 1 is 1.15 bits per heavy atom. The van der Waals surface area contributed by atoms with Crippen LogP contribution in [0, 0.1) is 0 Å². The van der Waals surface area contributed by atoms with Gasteiger partial charge in [-0.2, -0.15) is 0 Å². The summed E-state index contributed by atoms with van der Waals surface area (Å²) in [6.07, 6.45) is 1.07. The molecule has 1 fully saturated rings. The standard InChI is InChI=1S/C4H4O4.C3H7NO/c5-3(6)1-2-4(7)8;5-3-1-4-2-3/h1-2H,(H,5,6)(H,7,8);3-5H,1-2H2/b2-1-;. The van der Waals surface area contributed by atoms with E-state index in [0.717, 1.165) is 13.1 Å². The van der Waals surface area contributed by atoms with Crippen molar-refractivity contribution >= 4 is 11.9 Å². The zero-order valence-electron chi connectivity index (χ0n) is 6.80. The molecule has 1 aliphatic rings. The Morgan fingerprint density at radius 2 is 1.46 bits per heavy atom. The van der Waals surface area contributed by atoms with Crippen LogP contribution in [0.2, 0.25) is 0 Å². The van der Waals surface area contributed by atoms with Gasteiger partial charge in [0, 0.05) is 25.2 Å². The zero-order chi connectivity index (χ0) is 10.3. The molecule has 6 heteroatoms. The summed E-state index contributed by atoms with van der Waals surface area (Å²) in [5.41, 5.74) is 0. The molecule has 1 heterocycles. The van der Waals surface area contributed by atoms with Crippen LogP contribution in [-0.2, 0) is 9.59 Å². The van der Waals surface area contributed by atoms with Crippen molar-refractivity contribution in [1.29, 1.82) is 0 Å². The van der Waals surface area contributed by atoms with Crippen molar-refractivity contribution in [2.45, 2.75) is 6.10 Å². The number of hydrogen-bond acceptors (Lipinski definition) is 4. The average Bonchev–Trinajstić information content (AvgIpc) is 1.98. The molecule has 13 heavy (non-hydrogen) atoms. The summed E-state index contributed by atoms with van der Waals surface area (Å²) in [4.78, 5) is 19.1. The Bertz CT molecular complexity index is 193. The number of β-amino-alcohol motifs (C(OH)–C–C–N with tert-alkyl or cyclic N) is 1. The van der Waals surface area contributed by atoms with E-state index in [1.807, 2.05) is 0 Å². The lowest BCUT2D eigenvalue weighted by atomic mass is 10.2. The minimum atomic E-state index is -1.26. The van der Waals surface area contributed by atoms with Crippen molar-refractivity contribution < 1.29 is 24.9 Å². The molecular formula is C7H11NO5. The topological polar surface area (TPSA) is 107 Å². The highest BCUT2D eigenvalue weighted by molar-refractivity contribution is 5.89. The van der Waals surface area contributed by atoms with E-state index in [1.165, 1.54) is 0 Å². The third-order valence-corrected chi connectivity index (χ3v) is 1.13. The number of carboxylic acid groups (broad SMARTS) is 2. The van der Waals surface area contributed by atoms with Gasteiger partial charge >= 0.3 is 11.9 Å². The number of aliphatic carboxylic acids is 2. The van der Waals surface area contributed by atoms with Crippen LogP contribution in [0.25, 0.3) is 0 Å². The Labute approximate surface area is 74.5 Å². The van der Waals surface area contributed by atoms with Gasteiger partial charge in [0.1, 0.15) is 0 Å². The minimum absolute atomic E-state index is 0.0463. The van der Waals surface area contributed by atoms with Crippen molar-refractivity contribution in [3.05, 3.63) is 12.2 Å². The summed E-state index contributed by atoms with van der Waals surface area (Å²) in [6, 6.07) is 0. The summed E-state index contributed by atoms with van der Waals surface area (Å²) < 4.78 is 0. The number of rotatable bonds is 2. The maximum Gasteiger partial charge on any atom is 0.328 e. The van der Waals surface area contributed by atoms with Crippen LogP contribution < -0.4 is 5.32 Å². The van der Waals surface area contributed by atoms with Crippen LogP contribution >= 0.6 is 0 Å². The molecule has 0 aromatic carbocycles. The summed E-state index contributed by atoms with van der Waals surface area (Å²) in [5, 5.41) is 26.9. The van der Waals surface area contributed by atoms with Gasteiger partial charge in [0.15, 0.2) is 0 Å². The Morgan fingerprint density at radius 3 is 1.54 bits per heavy atom. The molecule has 74 valence electrons. The zero-order valence-corrected chi connectivity index (χ0v) is 6.80. The molecule has 0 atom stereocenters. The van der Waals surface area contributed by atoms with Crippen LogP contribution in [0.5, 0.6) is 0 Å². The molecule has 0 amide bonds. The molecular weight excluding hydrogens is 178 g/mol. The predicted molar refractivity (Wildman–Crippen MR) is 43.3 cm³/mol. The van der Waals surface area contributed by atoms with E-state index in [1.54, 1.807) is 0 Å². The highest BCUT2D eigenvalue weighted by Gasteiger charge is 2.10. The second-order valence-corrected chi connectivity index (χ2v) is 2.32. The van der Waals surface area contributed by atoms with Crippen LogP contribution in [0.1, 0.15) is 0 Å². The molecule has 6 nitrogen and oxygen atoms in total. The summed E-state index contributed by atoms with van der Waals surface area (Å²) in [7, 11) is 0. The summed E-state index contributed by atoms with van der Waals surface area (Å²) in [5.74, 6) is -2.51. The highest BCUT2D eigenvalue weighted by atomic mass is 16.4. The van der Waals surface area contributed by atoms with Crippen LogP contribution in [0.15, 0.2) is 12.2 Å². The fourth-order valence-electron chi connectivity index (χ4n) is 0.416. The smallest absolute Gasteiger partial charge is 0.328 e. The van der Waals surface area contributed by atoms with Gasteiger partial charge in [0.05, 0.1) is 6.10 Å². The summed E-state index contributed by atoms with van der Waals surface area (Å²) >= 11 is 0. The lowest BCUT2D eigenvalue weighted by molar-refractivity contribution is -0.134. The Hall–Kier alpha value is -1.40. The molecule has 0 unspecified atom stereocenters. The van der Waals surface area contributed by atoms with Crippen molar-refractivity contribution in [2.75, 3.05) is 13.1 Å². The van der Waals surface area contributed by atoms with Crippen molar-refractivity contribution in [1.82, 2.24) is 5.32 Å². The van der Waals surface area contributed by atoms with E-state index in [9.17, 15) is 9.59 Å². The van der Waals surface area contributed by atoms with E-state index in [-0.39, 0.29) is 6.10 Å². The molecule has 0 spiro atoms. The number of carbonyl (C=O) groups is 2. The first-order valence-corrected chi connectivity index (χ1v) is 3.55. The number of aliphatic hydroxyl groups is 1. The van der Waals surface area contributed by atoms with Gasteiger partial charge in [-0.25, -0.2) is 9.59 Å². The summed E-state index contributed by atoms with van der Waals surface area (Å²) in [6.45, 7) is 1.58. The van der Waals surface area contributed by atoms with Crippen molar-refractivity contribution in [3.63, 3.8) is 0 Å². The van der Waals surface area contributed by atoms with E-state index >= 15 is 0 Å². The molecule has 0 aliphatic carbocycles. The second-order valence-electron chi connectivity index (χ2n) is 2.32. The molecule has 1 saturated heterocycles. The van der Waals surface area contributed by atoms with E-state index < -0.39 is 11.9 Å². The van der Waals surface area contributed by atoms with Crippen LogP contribution in [-0.4, -0.2) is 46.5 Å². The van der Waals surface area contributed by atoms with E-state index in [0.29, 0.717) is 12.2 Å². The van der Waals surface area contributed by atoms with Gasteiger partial charge in [0.25, 0.3) is 0 Å². The maximum atomic E-state index is 9.55. The highest BCUT2D eigenvalue weighted by Crippen LogP contribution is 1.85. The Kier molecular flexibility index (Phi) is 5.49. The number of nitrogens with one attached hydrogen (secondary N) is 1. The third kappa shape index (κ3) is 8.51. The van der Waals surface area contributed by atoms with Crippen molar-refractivity contribution in [3.8, 4) is 0 Å². The van der Waals surface area contributed by atoms with Gasteiger partial charge in [-0.05, 0) is 0 Å². The van der Waals surface area contributed by atoms with E-state index in [2.05, 4.69) is 5.32 Å². The maximum absolute atomic E-state index is 9.55. The van der Waals surface area contributed by atoms with Gasteiger partial charge in [-0.15, -0.1) is 0 Å². The molecule has 0 radical (unpaired) electrons. The lowest BCUT2D eigenvalue weighted by Crippen LogP contribution is -2.46. The lowest BCUT2D eigenvalue weighted by Gasteiger charge is -2.20.